The molecule has 0 fully saturated rings. The summed E-state index contributed by atoms with van der Waals surface area (Å²) < 4.78 is 31.1. The highest BCUT2D eigenvalue weighted by molar-refractivity contribution is 5.70. The summed E-state index contributed by atoms with van der Waals surface area (Å²) in [4.78, 5) is 3.95. The fraction of sp³-hybridized carbons (Fsp3) is 0.0769. The maximum absolute atomic E-state index is 13.2. The lowest BCUT2D eigenvalue weighted by molar-refractivity contribution is 0.398. The Morgan fingerprint density at radius 1 is 1.22 bits per heavy atom. The maximum atomic E-state index is 13.2. The summed E-state index contributed by atoms with van der Waals surface area (Å²) in [7, 11) is 1.47. The van der Waals surface area contributed by atoms with Crippen molar-refractivity contribution in [3.63, 3.8) is 0 Å². The van der Waals surface area contributed by atoms with Crippen LogP contribution in [0.1, 0.15) is 5.56 Å². The van der Waals surface area contributed by atoms with Crippen LogP contribution >= 0.6 is 0 Å². The molecule has 0 atom stereocenters. The number of halogens is 2. The molecule has 3 nitrogen and oxygen atoms in total. The molecule has 0 spiro atoms. The van der Waals surface area contributed by atoms with E-state index in [9.17, 15) is 8.78 Å². The zero-order valence-corrected chi connectivity index (χ0v) is 9.45. The minimum Gasteiger partial charge on any atom is -0.481 e. The van der Waals surface area contributed by atoms with Crippen LogP contribution in [0.25, 0.3) is 11.1 Å². The first-order valence-corrected chi connectivity index (χ1v) is 5.05. The van der Waals surface area contributed by atoms with E-state index in [1.165, 1.54) is 13.3 Å². The summed E-state index contributed by atoms with van der Waals surface area (Å²) in [6.07, 6.45) is 1.44. The van der Waals surface area contributed by atoms with Crippen LogP contribution in [0.4, 0.5) is 8.78 Å². The van der Waals surface area contributed by atoms with Gasteiger partial charge in [0.1, 0.15) is 0 Å². The minimum absolute atomic E-state index is 0.0564. The second-order valence-corrected chi connectivity index (χ2v) is 3.51. The van der Waals surface area contributed by atoms with Gasteiger partial charge in [-0.15, -0.1) is 0 Å². The normalized spacial score (nSPS) is 9.89. The van der Waals surface area contributed by atoms with Crippen LogP contribution in [0.3, 0.4) is 0 Å². The van der Waals surface area contributed by atoms with Crippen LogP contribution in [0.5, 0.6) is 5.88 Å². The zero-order valence-electron chi connectivity index (χ0n) is 9.45. The first kappa shape index (κ1) is 12.0. The molecule has 0 N–H and O–H groups in total. The molecular weight excluding hydrogens is 238 g/mol. The van der Waals surface area contributed by atoms with Crippen molar-refractivity contribution in [2.24, 2.45) is 0 Å². The molecule has 2 aromatic rings. The van der Waals surface area contributed by atoms with Gasteiger partial charge >= 0.3 is 0 Å². The minimum atomic E-state index is -1.04. The number of rotatable bonds is 2. The van der Waals surface area contributed by atoms with Gasteiger partial charge in [0, 0.05) is 23.4 Å². The van der Waals surface area contributed by atoms with Gasteiger partial charge in [-0.2, -0.15) is 5.26 Å². The Morgan fingerprint density at radius 2 is 1.94 bits per heavy atom. The molecule has 1 aromatic heterocycles. The Bertz CT molecular complexity index is 618. The summed E-state index contributed by atoms with van der Waals surface area (Å²) >= 11 is 0. The van der Waals surface area contributed by atoms with E-state index in [4.69, 9.17) is 10.00 Å². The van der Waals surface area contributed by atoms with Crippen molar-refractivity contribution < 1.29 is 13.5 Å². The number of nitrogens with zero attached hydrogens (tertiary/aromatic N) is 2. The van der Waals surface area contributed by atoms with E-state index in [2.05, 4.69) is 4.98 Å². The van der Waals surface area contributed by atoms with Gasteiger partial charge in [-0.1, -0.05) is 0 Å². The van der Waals surface area contributed by atoms with Crippen LogP contribution in [0, 0.1) is 23.0 Å². The van der Waals surface area contributed by atoms with Gasteiger partial charge in [-0.05, 0) is 18.2 Å². The highest BCUT2D eigenvalue weighted by atomic mass is 19.2. The van der Waals surface area contributed by atoms with Gasteiger partial charge in [0.2, 0.25) is 5.88 Å². The Balaban J connectivity index is 2.56. The lowest BCUT2D eigenvalue weighted by Gasteiger charge is -2.06. The molecule has 2 rings (SSSR count). The van der Waals surface area contributed by atoms with Gasteiger partial charge in [-0.25, -0.2) is 13.8 Å². The van der Waals surface area contributed by atoms with Crippen molar-refractivity contribution in [2.75, 3.05) is 7.11 Å². The van der Waals surface area contributed by atoms with Crippen molar-refractivity contribution in [1.29, 1.82) is 5.26 Å². The second kappa shape index (κ2) is 4.80. The lowest BCUT2D eigenvalue weighted by atomic mass is 10.0. The number of hydrogen-bond donors (Lipinski definition) is 0. The van der Waals surface area contributed by atoms with Crippen LogP contribution in [0.2, 0.25) is 0 Å². The van der Waals surface area contributed by atoms with Crippen LogP contribution in [0.15, 0.2) is 30.5 Å². The van der Waals surface area contributed by atoms with Gasteiger partial charge in [0.05, 0.1) is 18.7 Å². The summed E-state index contributed by atoms with van der Waals surface area (Å²) in [6.45, 7) is 0. The average molecular weight is 246 g/mol. The standard InChI is InChI=1S/C13H8F2N2O/c1-18-13-3-2-8(7-17-13)10-5-12(15)11(14)4-9(10)6-16/h2-5,7H,1H3. The van der Waals surface area contributed by atoms with E-state index >= 15 is 0 Å². The Kier molecular flexibility index (Phi) is 3.20. The number of nitriles is 1. The smallest absolute Gasteiger partial charge is 0.212 e. The summed E-state index contributed by atoms with van der Waals surface area (Å²) in [5.74, 6) is -1.64. The van der Waals surface area contributed by atoms with Crippen molar-refractivity contribution in [2.45, 2.75) is 0 Å². The molecule has 5 heteroatoms. The Hall–Kier alpha value is -2.48. The monoisotopic (exact) mass is 246 g/mol. The Labute approximate surface area is 102 Å². The zero-order chi connectivity index (χ0) is 13.1. The van der Waals surface area contributed by atoms with E-state index < -0.39 is 11.6 Å². The third-order valence-corrected chi connectivity index (χ3v) is 2.44. The summed E-state index contributed by atoms with van der Waals surface area (Å²) in [5.41, 5.74) is 0.874. The largest absolute Gasteiger partial charge is 0.481 e. The maximum Gasteiger partial charge on any atom is 0.212 e. The van der Waals surface area contributed by atoms with E-state index in [-0.39, 0.29) is 5.56 Å². The number of ether oxygens (including phenoxy) is 1. The quantitative estimate of drug-likeness (QED) is 0.818. The highest BCUT2D eigenvalue weighted by Crippen LogP contribution is 2.26. The molecule has 0 radical (unpaired) electrons. The average Bonchev–Trinajstić information content (AvgIpc) is 2.41. The third kappa shape index (κ3) is 2.13. The van der Waals surface area contributed by atoms with E-state index in [0.29, 0.717) is 17.0 Å². The predicted octanol–water partition coefficient (Wildman–Crippen LogP) is 2.91. The molecule has 0 aliphatic heterocycles. The van der Waals surface area contributed by atoms with Gasteiger partial charge in [0.25, 0.3) is 0 Å². The van der Waals surface area contributed by atoms with Crippen molar-refractivity contribution in [3.8, 4) is 23.1 Å². The summed E-state index contributed by atoms with van der Waals surface area (Å²) in [5, 5.41) is 8.91. The van der Waals surface area contributed by atoms with E-state index in [1.807, 2.05) is 6.07 Å². The number of methoxy groups -OCH3 is 1. The van der Waals surface area contributed by atoms with Crippen LogP contribution in [-0.2, 0) is 0 Å². The fourth-order valence-electron chi connectivity index (χ4n) is 1.54. The first-order chi connectivity index (χ1) is 8.65. The number of aromatic nitrogens is 1. The number of benzene rings is 1. The van der Waals surface area contributed by atoms with Gasteiger partial charge in [-0.3, -0.25) is 0 Å². The van der Waals surface area contributed by atoms with Crippen molar-refractivity contribution in [1.82, 2.24) is 4.98 Å². The van der Waals surface area contributed by atoms with E-state index in [0.717, 1.165) is 12.1 Å². The number of hydrogen-bond acceptors (Lipinski definition) is 3. The molecule has 0 saturated carbocycles. The summed E-state index contributed by atoms with van der Waals surface area (Å²) in [6, 6.07) is 6.88. The molecule has 18 heavy (non-hydrogen) atoms. The molecule has 0 aliphatic carbocycles. The SMILES string of the molecule is COc1ccc(-c2cc(F)c(F)cc2C#N)cn1. The molecule has 1 heterocycles. The van der Waals surface area contributed by atoms with Crippen molar-refractivity contribution >= 4 is 0 Å². The molecule has 1 aromatic carbocycles. The molecule has 0 aliphatic rings. The molecular formula is C13H8F2N2O. The van der Waals surface area contributed by atoms with Gasteiger partial charge < -0.3 is 4.74 Å². The van der Waals surface area contributed by atoms with Crippen LogP contribution in [-0.4, -0.2) is 12.1 Å². The second-order valence-electron chi connectivity index (χ2n) is 3.51. The first-order valence-electron chi connectivity index (χ1n) is 5.05. The highest BCUT2D eigenvalue weighted by Gasteiger charge is 2.11. The Morgan fingerprint density at radius 3 is 2.50 bits per heavy atom. The van der Waals surface area contributed by atoms with Gasteiger partial charge in [0.15, 0.2) is 11.6 Å². The van der Waals surface area contributed by atoms with Crippen LogP contribution < -0.4 is 4.74 Å². The predicted molar refractivity (Wildman–Crippen MR) is 60.9 cm³/mol. The number of pyridine rings is 1. The molecule has 0 bridgehead atoms. The fourth-order valence-corrected chi connectivity index (χ4v) is 1.54. The lowest BCUT2D eigenvalue weighted by Crippen LogP contribution is -1.93. The topological polar surface area (TPSA) is 45.9 Å². The molecule has 0 unspecified atom stereocenters. The third-order valence-electron chi connectivity index (χ3n) is 2.44. The van der Waals surface area contributed by atoms with Crippen molar-refractivity contribution in [3.05, 3.63) is 47.7 Å². The van der Waals surface area contributed by atoms with E-state index in [1.54, 1.807) is 12.1 Å². The molecule has 0 amide bonds. The molecule has 90 valence electrons. The molecule has 0 saturated heterocycles.